The Hall–Kier alpha value is -2.38. The van der Waals surface area contributed by atoms with Gasteiger partial charge in [0.2, 0.25) is 15.9 Å². The molecule has 0 unspecified atom stereocenters. The van der Waals surface area contributed by atoms with Gasteiger partial charge >= 0.3 is 0 Å². The van der Waals surface area contributed by atoms with Crippen LogP contribution in [0.4, 0.5) is 11.4 Å². The van der Waals surface area contributed by atoms with Gasteiger partial charge in [-0.1, -0.05) is 30.3 Å². The number of rotatable bonds is 7. The molecule has 1 N–H and O–H groups in total. The number of carbonyl (C=O) groups is 1. The highest BCUT2D eigenvalue weighted by Gasteiger charge is 2.43. The number of hydrogen-bond acceptors (Lipinski definition) is 4. The van der Waals surface area contributed by atoms with Crippen LogP contribution >= 0.6 is 0 Å². The van der Waals surface area contributed by atoms with Crippen LogP contribution in [-0.2, 0) is 31.6 Å². The molecule has 1 aliphatic heterocycles. The Labute approximate surface area is 166 Å². The van der Waals surface area contributed by atoms with Gasteiger partial charge in [-0.3, -0.25) is 9.52 Å². The van der Waals surface area contributed by atoms with E-state index in [-0.39, 0.29) is 18.3 Å². The summed E-state index contributed by atoms with van der Waals surface area (Å²) >= 11 is 0. The van der Waals surface area contributed by atoms with E-state index in [2.05, 4.69) is 4.72 Å². The second kappa shape index (κ2) is 7.56. The van der Waals surface area contributed by atoms with Gasteiger partial charge in [-0.15, -0.1) is 0 Å². The number of carbonyl (C=O) groups excluding carboxylic acids is 1. The van der Waals surface area contributed by atoms with E-state index in [1.165, 1.54) is 0 Å². The van der Waals surface area contributed by atoms with Crippen molar-refractivity contribution < 1.29 is 17.9 Å². The van der Waals surface area contributed by atoms with Crippen molar-refractivity contribution in [3.63, 3.8) is 0 Å². The molecule has 0 aromatic heterocycles. The van der Waals surface area contributed by atoms with Gasteiger partial charge in [0, 0.05) is 12.7 Å². The summed E-state index contributed by atoms with van der Waals surface area (Å²) in [5.41, 5.74) is 3.32. The minimum Gasteiger partial charge on any atom is -0.376 e. The number of fused-ring (bicyclic) bond motifs is 1. The lowest BCUT2D eigenvalue weighted by molar-refractivity contribution is -0.121. The van der Waals surface area contributed by atoms with Gasteiger partial charge in [0.25, 0.3) is 0 Å². The zero-order valence-corrected chi connectivity index (χ0v) is 17.5. The molecule has 150 valence electrons. The maximum absolute atomic E-state index is 12.5. The number of anilines is 2. The van der Waals surface area contributed by atoms with Gasteiger partial charge in [0.15, 0.2) is 0 Å². The first-order valence-electron chi connectivity index (χ1n) is 9.17. The van der Waals surface area contributed by atoms with Gasteiger partial charge in [-0.25, -0.2) is 8.42 Å². The molecule has 2 aromatic rings. The molecular weight excluding hydrogens is 376 g/mol. The largest absolute Gasteiger partial charge is 0.376 e. The third-order valence-electron chi connectivity index (χ3n) is 5.03. The van der Waals surface area contributed by atoms with Crippen LogP contribution in [0.15, 0.2) is 42.5 Å². The summed E-state index contributed by atoms with van der Waals surface area (Å²) in [6.45, 7) is 6.06. The van der Waals surface area contributed by atoms with Crippen LogP contribution < -0.4 is 9.62 Å². The van der Waals surface area contributed by atoms with Crippen molar-refractivity contribution in [1.82, 2.24) is 0 Å². The Kier molecular flexibility index (Phi) is 5.50. The number of sulfonamides is 1. The van der Waals surface area contributed by atoms with E-state index >= 15 is 0 Å². The van der Waals surface area contributed by atoms with E-state index in [0.29, 0.717) is 12.3 Å². The van der Waals surface area contributed by atoms with Crippen molar-refractivity contribution in [3.05, 3.63) is 59.2 Å². The standard InChI is InChI=1S/C21H26N2O4S/c1-15-12-17(13-18-19(15)23(4)20(24)21(18,2)3)22-28(25,26)11-10-27-14-16-8-6-5-7-9-16/h5-9,12-13,22H,10-11,14H2,1-4H3. The summed E-state index contributed by atoms with van der Waals surface area (Å²) in [6, 6.07) is 13.1. The number of amides is 1. The molecule has 0 radical (unpaired) electrons. The van der Waals surface area contributed by atoms with Crippen LogP contribution in [0.25, 0.3) is 0 Å². The molecule has 0 saturated carbocycles. The number of ether oxygens (including phenoxy) is 1. The van der Waals surface area contributed by atoms with Crippen LogP contribution in [0.2, 0.25) is 0 Å². The lowest BCUT2D eigenvalue weighted by atomic mass is 9.85. The monoisotopic (exact) mass is 402 g/mol. The van der Waals surface area contributed by atoms with Gasteiger partial charge in [0.05, 0.1) is 30.1 Å². The van der Waals surface area contributed by atoms with Crippen LogP contribution in [0.5, 0.6) is 0 Å². The molecule has 0 atom stereocenters. The predicted octanol–water partition coefficient (Wildman–Crippen LogP) is 3.21. The van der Waals surface area contributed by atoms with Gasteiger partial charge in [-0.05, 0) is 49.6 Å². The van der Waals surface area contributed by atoms with Crippen molar-refractivity contribution in [1.29, 1.82) is 0 Å². The molecule has 0 fully saturated rings. The Morgan fingerprint density at radius 3 is 2.50 bits per heavy atom. The van der Waals surface area contributed by atoms with Gasteiger partial charge in [0.1, 0.15) is 0 Å². The van der Waals surface area contributed by atoms with Crippen LogP contribution in [0, 0.1) is 6.92 Å². The van der Waals surface area contributed by atoms with E-state index in [1.54, 1.807) is 24.1 Å². The van der Waals surface area contributed by atoms with Crippen molar-refractivity contribution >= 4 is 27.3 Å². The van der Waals surface area contributed by atoms with Crippen molar-refractivity contribution in [2.24, 2.45) is 0 Å². The first kappa shape index (κ1) is 20.4. The molecule has 0 aliphatic carbocycles. The number of nitrogens with one attached hydrogen (secondary N) is 1. The summed E-state index contributed by atoms with van der Waals surface area (Å²) in [7, 11) is -1.81. The molecule has 0 saturated heterocycles. The lowest BCUT2D eigenvalue weighted by Crippen LogP contribution is -2.33. The Bertz CT molecular complexity index is 985. The molecule has 3 rings (SSSR count). The van der Waals surface area contributed by atoms with E-state index < -0.39 is 15.4 Å². The summed E-state index contributed by atoms with van der Waals surface area (Å²) in [6.07, 6.45) is 0. The van der Waals surface area contributed by atoms with Crippen LogP contribution in [0.1, 0.15) is 30.5 Å². The molecule has 0 spiro atoms. The second-order valence-electron chi connectivity index (χ2n) is 7.64. The normalized spacial score (nSPS) is 15.6. The average Bonchev–Trinajstić information content (AvgIpc) is 2.80. The fourth-order valence-corrected chi connectivity index (χ4v) is 4.48. The molecule has 1 amide bonds. The average molecular weight is 403 g/mol. The number of aryl methyl sites for hydroxylation is 1. The molecular formula is C21H26N2O4S. The third kappa shape index (κ3) is 4.05. The Morgan fingerprint density at radius 2 is 1.82 bits per heavy atom. The molecule has 6 nitrogen and oxygen atoms in total. The predicted molar refractivity (Wildman–Crippen MR) is 111 cm³/mol. The summed E-state index contributed by atoms with van der Waals surface area (Å²) in [5.74, 6) is -0.141. The zero-order chi connectivity index (χ0) is 20.5. The van der Waals surface area contributed by atoms with Crippen LogP contribution in [-0.4, -0.2) is 33.7 Å². The van der Waals surface area contributed by atoms with E-state index in [1.807, 2.05) is 51.1 Å². The van der Waals surface area contributed by atoms with E-state index in [4.69, 9.17) is 4.74 Å². The zero-order valence-electron chi connectivity index (χ0n) is 16.7. The smallest absolute Gasteiger partial charge is 0.236 e. The fraction of sp³-hybridized carbons (Fsp3) is 0.381. The minimum atomic E-state index is -3.56. The quantitative estimate of drug-likeness (QED) is 0.722. The molecule has 1 heterocycles. The van der Waals surface area contributed by atoms with Crippen molar-refractivity contribution in [2.45, 2.75) is 32.8 Å². The highest BCUT2D eigenvalue weighted by atomic mass is 32.2. The Balaban J connectivity index is 1.67. The number of hydrogen-bond donors (Lipinski definition) is 1. The number of likely N-dealkylation sites (N-methyl/N-ethyl adjacent to an activating group) is 1. The number of nitrogens with zero attached hydrogens (tertiary/aromatic N) is 1. The summed E-state index contributed by atoms with van der Waals surface area (Å²) in [5, 5.41) is 0. The molecule has 1 aliphatic rings. The second-order valence-corrected chi connectivity index (χ2v) is 9.48. The highest BCUT2D eigenvalue weighted by molar-refractivity contribution is 7.92. The first-order valence-corrected chi connectivity index (χ1v) is 10.8. The SMILES string of the molecule is Cc1cc(NS(=O)(=O)CCOCc2ccccc2)cc2c1N(C)C(=O)C2(C)C. The lowest BCUT2D eigenvalue weighted by Gasteiger charge is -2.17. The summed E-state index contributed by atoms with van der Waals surface area (Å²) < 4.78 is 33.0. The van der Waals surface area contributed by atoms with Gasteiger partial charge in [-0.2, -0.15) is 0 Å². The summed E-state index contributed by atoms with van der Waals surface area (Å²) in [4.78, 5) is 14.1. The maximum Gasteiger partial charge on any atom is 0.236 e. The maximum atomic E-state index is 12.5. The Morgan fingerprint density at radius 1 is 1.14 bits per heavy atom. The first-order chi connectivity index (χ1) is 13.1. The minimum absolute atomic E-state index is 0.0000749. The molecule has 7 heteroatoms. The van der Waals surface area contributed by atoms with Gasteiger partial charge < -0.3 is 9.64 Å². The van der Waals surface area contributed by atoms with E-state index in [9.17, 15) is 13.2 Å². The molecule has 28 heavy (non-hydrogen) atoms. The fourth-order valence-electron chi connectivity index (χ4n) is 3.56. The number of benzene rings is 2. The third-order valence-corrected chi connectivity index (χ3v) is 6.28. The topological polar surface area (TPSA) is 75.7 Å². The molecule has 0 bridgehead atoms. The van der Waals surface area contributed by atoms with E-state index in [0.717, 1.165) is 22.4 Å². The van der Waals surface area contributed by atoms with Crippen LogP contribution in [0.3, 0.4) is 0 Å². The molecule has 2 aromatic carbocycles. The van der Waals surface area contributed by atoms with Crippen molar-refractivity contribution in [2.75, 3.05) is 29.0 Å². The highest BCUT2D eigenvalue weighted by Crippen LogP contribution is 2.44. The van der Waals surface area contributed by atoms with Crippen molar-refractivity contribution in [3.8, 4) is 0 Å².